The fraction of sp³-hybridized carbons (Fsp3) is 0.0625. The van der Waals surface area contributed by atoms with Crippen LogP contribution in [0.15, 0.2) is 57.6 Å². The summed E-state index contributed by atoms with van der Waals surface area (Å²) in [5, 5.41) is 4.47. The zero-order valence-electron chi connectivity index (χ0n) is 11.8. The summed E-state index contributed by atoms with van der Waals surface area (Å²) < 4.78 is 5.71. The molecule has 110 valence electrons. The van der Waals surface area contributed by atoms with E-state index in [-0.39, 0.29) is 5.57 Å². The molecule has 3 rings (SSSR count). The minimum Gasteiger partial charge on any atom is -0.457 e. The average molecular weight is 295 g/mol. The Morgan fingerprint density at radius 2 is 1.95 bits per heavy atom. The van der Waals surface area contributed by atoms with Gasteiger partial charge < -0.3 is 10.2 Å². The topological polar surface area (TPSA) is 88.9 Å². The second kappa shape index (κ2) is 5.33. The summed E-state index contributed by atoms with van der Waals surface area (Å²) >= 11 is 0. The van der Waals surface area contributed by atoms with Gasteiger partial charge in [0.2, 0.25) is 0 Å². The number of carbonyl (C=O) groups excluding carboxylic acids is 2. The first-order chi connectivity index (χ1) is 10.6. The first kappa shape index (κ1) is 13.8. The molecule has 1 aliphatic rings. The monoisotopic (exact) mass is 295 g/mol. The first-order valence-electron chi connectivity index (χ1n) is 6.62. The first-order valence-corrected chi connectivity index (χ1v) is 6.62. The van der Waals surface area contributed by atoms with Crippen LogP contribution in [0.1, 0.15) is 12.7 Å². The van der Waals surface area contributed by atoms with E-state index in [2.05, 4.69) is 5.10 Å². The summed E-state index contributed by atoms with van der Waals surface area (Å²) in [5.41, 5.74) is 6.74. The number of hydrogen-bond acceptors (Lipinski definition) is 4. The zero-order valence-corrected chi connectivity index (χ0v) is 11.8. The normalized spacial score (nSPS) is 16.2. The van der Waals surface area contributed by atoms with Crippen LogP contribution >= 0.6 is 0 Å². The van der Waals surface area contributed by atoms with Crippen molar-refractivity contribution in [3.05, 3.63) is 53.8 Å². The third-order valence-electron chi connectivity index (χ3n) is 3.24. The number of furan rings is 1. The molecule has 0 unspecified atom stereocenters. The van der Waals surface area contributed by atoms with Gasteiger partial charge in [0.1, 0.15) is 11.5 Å². The van der Waals surface area contributed by atoms with E-state index in [1.165, 1.54) is 0 Å². The molecule has 6 nitrogen and oxygen atoms in total. The van der Waals surface area contributed by atoms with E-state index < -0.39 is 11.9 Å². The maximum Gasteiger partial charge on any atom is 0.342 e. The van der Waals surface area contributed by atoms with Crippen LogP contribution in [0, 0.1) is 0 Å². The Balaban J connectivity index is 1.91. The number of rotatable bonds is 2. The van der Waals surface area contributed by atoms with E-state index >= 15 is 0 Å². The molecule has 0 spiro atoms. The Hall–Kier alpha value is -3.15. The lowest BCUT2D eigenvalue weighted by molar-refractivity contribution is -0.122. The molecule has 3 amide bonds. The fourth-order valence-electron chi connectivity index (χ4n) is 2.16. The summed E-state index contributed by atoms with van der Waals surface area (Å²) in [4.78, 5) is 23.2. The maximum atomic E-state index is 12.0. The van der Waals surface area contributed by atoms with E-state index in [9.17, 15) is 9.59 Å². The van der Waals surface area contributed by atoms with Crippen molar-refractivity contribution in [3.63, 3.8) is 0 Å². The number of nitrogens with two attached hydrogens (primary N) is 1. The summed E-state index contributed by atoms with van der Waals surface area (Å²) in [5.74, 6) is 0.643. The summed E-state index contributed by atoms with van der Waals surface area (Å²) in [6.07, 6.45) is 1.55. The predicted octanol–water partition coefficient (Wildman–Crippen LogP) is 2.63. The lowest BCUT2D eigenvalue weighted by Crippen LogP contribution is -2.33. The summed E-state index contributed by atoms with van der Waals surface area (Å²) in [7, 11) is 0. The van der Waals surface area contributed by atoms with Crippen LogP contribution in [-0.2, 0) is 4.79 Å². The molecule has 22 heavy (non-hydrogen) atoms. The van der Waals surface area contributed by atoms with E-state index in [0.717, 1.165) is 5.56 Å². The van der Waals surface area contributed by atoms with Crippen LogP contribution in [0.2, 0.25) is 0 Å². The van der Waals surface area contributed by atoms with Crippen LogP contribution in [0.4, 0.5) is 4.79 Å². The Labute approximate surface area is 126 Å². The molecule has 1 aliphatic heterocycles. The van der Waals surface area contributed by atoms with Crippen molar-refractivity contribution in [1.82, 2.24) is 5.01 Å². The molecule has 0 fully saturated rings. The number of imide groups is 1. The van der Waals surface area contributed by atoms with Crippen molar-refractivity contribution in [3.8, 4) is 11.3 Å². The van der Waals surface area contributed by atoms with Gasteiger partial charge in [-0.05, 0) is 25.1 Å². The third kappa shape index (κ3) is 2.42. The maximum absolute atomic E-state index is 12.0. The minimum absolute atomic E-state index is 0.285. The van der Waals surface area contributed by atoms with E-state index in [0.29, 0.717) is 22.2 Å². The Morgan fingerprint density at radius 3 is 2.59 bits per heavy atom. The lowest BCUT2D eigenvalue weighted by atomic mass is 10.1. The molecular weight excluding hydrogens is 282 g/mol. The molecule has 2 heterocycles. The molecule has 1 aromatic heterocycles. The minimum atomic E-state index is -0.905. The molecule has 0 aliphatic carbocycles. The van der Waals surface area contributed by atoms with E-state index in [1.54, 1.807) is 19.1 Å². The highest BCUT2D eigenvalue weighted by molar-refractivity contribution is 6.29. The lowest BCUT2D eigenvalue weighted by Gasteiger charge is -2.03. The van der Waals surface area contributed by atoms with Gasteiger partial charge in [-0.2, -0.15) is 5.10 Å². The van der Waals surface area contributed by atoms with Gasteiger partial charge in [0.05, 0.1) is 11.3 Å². The smallest absolute Gasteiger partial charge is 0.342 e. The Kier molecular flexibility index (Phi) is 3.34. The highest BCUT2D eigenvalue weighted by atomic mass is 16.3. The van der Waals surface area contributed by atoms with Gasteiger partial charge in [-0.25, -0.2) is 4.79 Å². The molecule has 0 atom stereocenters. The van der Waals surface area contributed by atoms with E-state index in [1.807, 2.05) is 36.4 Å². The van der Waals surface area contributed by atoms with Crippen molar-refractivity contribution in [2.75, 3.05) is 0 Å². The molecule has 2 N–H and O–H groups in total. The van der Waals surface area contributed by atoms with Crippen LogP contribution < -0.4 is 5.73 Å². The highest BCUT2D eigenvalue weighted by Crippen LogP contribution is 2.24. The van der Waals surface area contributed by atoms with Crippen molar-refractivity contribution >= 4 is 23.7 Å². The number of amides is 3. The standard InChI is InChI=1S/C16H13N3O3/c1-10-13(15(20)19(18-10)16(17)21)9-12-7-8-14(22-12)11-5-3-2-4-6-11/h2-9H,1H3,(H2,17,21). The molecule has 6 heteroatoms. The SMILES string of the molecule is CC1=NN(C(N)=O)C(=O)C1=Cc1ccc(-c2ccccc2)o1. The van der Waals surface area contributed by atoms with Crippen LogP contribution in [0.3, 0.4) is 0 Å². The molecule has 0 radical (unpaired) electrons. The van der Waals surface area contributed by atoms with Crippen LogP contribution in [-0.4, -0.2) is 22.7 Å². The van der Waals surface area contributed by atoms with Crippen molar-refractivity contribution in [2.45, 2.75) is 6.92 Å². The largest absolute Gasteiger partial charge is 0.457 e. The van der Waals surface area contributed by atoms with E-state index in [4.69, 9.17) is 10.2 Å². The highest BCUT2D eigenvalue weighted by Gasteiger charge is 2.31. The van der Waals surface area contributed by atoms with Gasteiger partial charge in [0.15, 0.2) is 0 Å². The molecule has 0 bridgehead atoms. The zero-order chi connectivity index (χ0) is 15.7. The average Bonchev–Trinajstić information content (AvgIpc) is 3.08. The van der Waals surface area contributed by atoms with Crippen molar-refractivity contribution in [2.24, 2.45) is 10.8 Å². The Bertz CT molecular complexity index is 803. The molecule has 2 aromatic rings. The van der Waals surface area contributed by atoms with Crippen molar-refractivity contribution in [1.29, 1.82) is 0 Å². The number of primary amides is 1. The van der Waals surface area contributed by atoms with Crippen molar-refractivity contribution < 1.29 is 14.0 Å². The Morgan fingerprint density at radius 1 is 1.23 bits per heavy atom. The quantitative estimate of drug-likeness (QED) is 0.864. The van der Waals surface area contributed by atoms with Gasteiger partial charge in [-0.3, -0.25) is 4.79 Å². The molecule has 1 aromatic carbocycles. The third-order valence-corrected chi connectivity index (χ3v) is 3.24. The van der Waals surface area contributed by atoms with Gasteiger partial charge in [0.25, 0.3) is 5.91 Å². The fourth-order valence-corrected chi connectivity index (χ4v) is 2.16. The second-order valence-corrected chi connectivity index (χ2v) is 4.77. The number of nitrogens with zero attached hydrogens (tertiary/aromatic N) is 2. The predicted molar refractivity (Wildman–Crippen MR) is 81.7 cm³/mol. The number of hydrazone groups is 1. The number of urea groups is 1. The van der Waals surface area contributed by atoms with Gasteiger partial charge >= 0.3 is 6.03 Å². The molecular formula is C16H13N3O3. The van der Waals surface area contributed by atoms with Gasteiger partial charge in [-0.1, -0.05) is 30.3 Å². The number of benzene rings is 1. The summed E-state index contributed by atoms with van der Waals surface area (Å²) in [6.45, 7) is 1.63. The van der Waals surface area contributed by atoms with Crippen LogP contribution in [0.5, 0.6) is 0 Å². The molecule has 0 saturated heterocycles. The number of carbonyl (C=O) groups is 2. The summed E-state index contributed by atoms with van der Waals surface area (Å²) in [6, 6.07) is 12.3. The second-order valence-electron chi connectivity index (χ2n) is 4.77. The number of hydrogen-bond donors (Lipinski definition) is 1. The molecule has 0 saturated carbocycles. The van der Waals surface area contributed by atoms with Gasteiger partial charge in [0, 0.05) is 5.56 Å². The van der Waals surface area contributed by atoms with Gasteiger partial charge in [-0.15, -0.1) is 5.01 Å². The van der Waals surface area contributed by atoms with Crippen LogP contribution in [0.25, 0.3) is 17.4 Å².